The smallest absolute Gasteiger partial charge is 0.358 e. The number of rotatable bonds is 10. The van der Waals surface area contributed by atoms with Gasteiger partial charge >= 0.3 is 11.9 Å². The van der Waals surface area contributed by atoms with Crippen LogP contribution in [-0.2, 0) is 14.3 Å². The average molecular weight is 498 g/mol. The van der Waals surface area contributed by atoms with E-state index in [1.807, 2.05) is 65.0 Å². The molecule has 2 heterocycles. The van der Waals surface area contributed by atoms with Gasteiger partial charge in [-0.3, -0.25) is 9.69 Å². The maximum absolute atomic E-state index is 12.8. The van der Waals surface area contributed by atoms with E-state index in [0.717, 1.165) is 61.6 Å². The van der Waals surface area contributed by atoms with Crippen molar-refractivity contribution >= 4 is 11.9 Å². The van der Waals surface area contributed by atoms with E-state index >= 15 is 0 Å². The van der Waals surface area contributed by atoms with Gasteiger partial charge in [0.05, 0.1) is 19.8 Å². The summed E-state index contributed by atoms with van der Waals surface area (Å²) in [6.07, 6.45) is 2.51. The first-order valence-electron chi connectivity index (χ1n) is 12.7. The summed E-state index contributed by atoms with van der Waals surface area (Å²) in [7, 11) is 0. The van der Waals surface area contributed by atoms with Gasteiger partial charge in [0.15, 0.2) is 5.69 Å². The van der Waals surface area contributed by atoms with Crippen LogP contribution in [-0.4, -0.2) is 84.8 Å². The lowest BCUT2D eigenvalue weighted by atomic mass is 9.98. The van der Waals surface area contributed by atoms with Crippen molar-refractivity contribution in [2.45, 2.75) is 46.6 Å². The van der Waals surface area contributed by atoms with Crippen LogP contribution in [0.2, 0.25) is 0 Å². The van der Waals surface area contributed by atoms with E-state index in [1.54, 1.807) is 6.20 Å². The van der Waals surface area contributed by atoms with Gasteiger partial charge in [-0.2, -0.15) is 0 Å². The van der Waals surface area contributed by atoms with E-state index in [1.165, 1.54) is 0 Å². The van der Waals surface area contributed by atoms with E-state index in [9.17, 15) is 9.59 Å². The largest absolute Gasteiger partial charge is 0.493 e. The molecule has 1 aliphatic heterocycles. The van der Waals surface area contributed by atoms with Gasteiger partial charge in [-0.1, -0.05) is 18.2 Å². The first kappa shape index (κ1) is 27.6. The Morgan fingerprint density at radius 3 is 2.39 bits per heavy atom. The predicted octanol–water partition coefficient (Wildman–Crippen LogP) is 3.96. The van der Waals surface area contributed by atoms with Crippen molar-refractivity contribution in [3.8, 4) is 16.9 Å². The number of nitrogens with zero attached hydrogens (tertiary/aromatic N) is 3. The van der Waals surface area contributed by atoms with Crippen molar-refractivity contribution < 1.29 is 23.8 Å². The number of pyridine rings is 1. The second-order valence-electron chi connectivity index (χ2n) is 9.95. The van der Waals surface area contributed by atoms with Gasteiger partial charge in [-0.15, -0.1) is 0 Å². The van der Waals surface area contributed by atoms with Crippen LogP contribution in [0.3, 0.4) is 0 Å². The summed E-state index contributed by atoms with van der Waals surface area (Å²) < 4.78 is 16.7. The number of hydrogen-bond acceptors (Lipinski definition) is 8. The monoisotopic (exact) mass is 497 g/mol. The molecule has 1 fully saturated rings. The van der Waals surface area contributed by atoms with Gasteiger partial charge in [0.2, 0.25) is 0 Å². The third kappa shape index (κ3) is 8.03. The zero-order chi connectivity index (χ0) is 26.1. The SMILES string of the molecule is CCOC(=O)CN1CCN(CCCOc2cccc(-c3cccnc3C(=O)OC(C)(C)C)c2C)CC1. The first-order valence-corrected chi connectivity index (χ1v) is 12.7. The molecule has 1 aromatic heterocycles. The Bertz CT molecular complexity index is 1030. The molecule has 8 heteroatoms. The summed E-state index contributed by atoms with van der Waals surface area (Å²) in [6, 6.07) is 9.58. The fourth-order valence-corrected chi connectivity index (χ4v) is 4.20. The van der Waals surface area contributed by atoms with Crippen molar-refractivity contribution in [3.63, 3.8) is 0 Å². The highest BCUT2D eigenvalue weighted by Gasteiger charge is 2.23. The number of esters is 2. The molecule has 1 aromatic carbocycles. The molecule has 196 valence electrons. The molecule has 3 rings (SSSR count). The molecule has 36 heavy (non-hydrogen) atoms. The average Bonchev–Trinajstić information content (AvgIpc) is 2.83. The van der Waals surface area contributed by atoms with Crippen molar-refractivity contribution in [2.75, 3.05) is 52.5 Å². The minimum atomic E-state index is -0.598. The Morgan fingerprint density at radius 2 is 1.69 bits per heavy atom. The summed E-state index contributed by atoms with van der Waals surface area (Å²) in [4.78, 5) is 33.3. The standard InChI is InChI=1S/C28H39N3O5/c1-6-34-25(32)20-31-17-15-30(16-18-31)14-9-19-35-24-12-7-10-22(21(24)2)23-11-8-13-29-26(23)27(33)36-28(3,4)5/h7-8,10-13H,6,9,14-20H2,1-5H3. The van der Waals surface area contributed by atoms with Crippen LogP contribution in [0.5, 0.6) is 5.75 Å². The normalized spacial score (nSPS) is 14.9. The maximum atomic E-state index is 12.8. The van der Waals surface area contributed by atoms with E-state index in [2.05, 4.69) is 14.8 Å². The van der Waals surface area contributed by atoms with Crippen LogP contribution < -0.4 is 4.74 Å². The molecular formula is C28H39N3O5. The summed E-state index contributed by atoms with van der Waals surface area (Å²) in [5.74, 6) is 0.207. The summed E-state index contributed by atoms with van der Waals surface area (Å²) in [5, 5.41) is 0. The van der Waals surface area contributed by atoms with Gasteiger partial charge in [-0.05, 0) is 64.3 Å². The molecule has 0 atom stereocenters. The molecular weight excluding hydrogens is 458 g/mol. The number of hydrogen-bond donors (Lipinski definition) is 0. The molecule has 2 aromatic rings. The van der Waals surface area contributed by atoms with Crippen molar-refractivity contribution in [1.29, 1.82) is 0 Å². The van der Waals surface area contributed by atoms with Crippen LogP contribution in [0.4, 0.5) is 0 Å². The van der Waals surface area contributed by atoms with Gasteiger partial charge in [0.25, 0.3) is 0 Å². The van der Waals surface area contributed by atoms with E-state index in [-0.39, 0.29) is 5.97 Å². The summed E-state index contributed by atoms with van der Waals surface area (Å²) in [5.41, 5.74) is 2.30. The lowest BCUT2D eigenvalue weighted by Gasteiger charge is -2.34. The topological polar surface area (TPSA) is 81.2 Å². The Kier molecular flexibility index (Phi) is 9.84. The molecule has 1 aliphatic rings. The summed E-state index contributed by atoms with van der Waals surface area (Å²) in [6.45, 7) is 15.3. The lowest BCUT2D eigenvalue weighted by molar-refractivity contribution is -0.144. The van der Waals surface area contributed by atoms with Crippen LogP contribution in [0.25, 0.3) is 11.1 Å². The third-order valence-electron chi connectivity index (χ3n) is 5.97. The Balaban J connectivity index is 1.54. The van der Waals surface area contributed by atoms with Gasteiger partial charge in [0, 0.05) is 44.5 Å². The number of carbonyl (C=O) groups is 2. The molecule has 0 spiro atoms. The fourth-order valence-electron chi connectivity index (χ4n) is 4.20. The Labute approximate surface area is 214 Å². The number of benzene rings is 1. The molecule has 0 bridgehead atoms. The molecule has 0 unspecified atom stereocenters. The zero-order valence-corrected chi connectivity index (χ0v) is 22.2. The molecule has 0 amide bonds. The van der Waals surface area contributed by atoms with Crippen molar-refractivity contribution in [1.82, 2.24) is 14.8 Å². The molecule has 1 saturated heterocycles. The van der Waals surface area contributed by atoms with Crippen molar-refractivity contribution in [3.05, 3.63) is 47.8 Å². The van der Waals surface area contributed by atoms with Gasteiger partial charge in [0.1, 0.15) is 11.4 Å². The highest BCUT2D eigenvalue weighted by molar-refractivity contribution is 5.96. The maximum Gasteiger partial charge on any atom is 0.358 e. The molecule has 0 saturated carbocycles. The zero-order valence-electron chi connectivity index (χ0n) is 22.2. The lowest BCUT2D eigenvalue weighted by Crippen LogP contribution is -2.48. The highest BCUT2D eigenvalue weighted by Crippen LogP contribution is 2.32. The van der Waals surface area contributed by atoms with Gasteiger partial charge in [-0.25, -0.2) is 9.78 Å². The van der Waals surface area contributed by atoms with Crippen LogP contribution in [0.1, 0.15) is 50.2 Å². The minimum Gasteiger partial charge on any atom is -0.493 e. The van der Waals surface area contributed by atoms with Gasteiger partial charge < -0.3 is 19.1 Å². The van der Waals surface area contributed by atoms with E-state index < -0.39 is 11.6 Å². The third-order valence-corrected chi connectivity index (χ3v) is 5.97. The minimum absolute atomic E-state index is 0.151. The predicted molar refractivity (Wildman–Crippen MR) is 139 cm³/mol. The van der Waals surface area contributed by atoms with Crippen molar-refractivity contribution in [2.24, 2.45) is 0 Å². The highest BCUT2D eigenvalue weighted by atomic mass is 16.6. The number of aromatic nitrogens is 1. The van der Waals surface area contributed by atoms with Crippen LogP contribution >= 0.6 is 0 Å². The molecule has 8 nitrogen and oxygen atoms in total. The Morgan fingerprint density at radius 1 is 1.00 bits per heavy atom. The summed E-state index contributed by atoms with van der Waals surface area (Å²) >= 11 is 0. The van der Waals surface area contributed by atoms with E-state index in [4.69, 9.17) is 14.2 Å². The van der Waals surface area contributed by atoms with Crippen LogP contribution in [0, 0.1) is 6.92 Å². The second-order valence-corrected chi connectivity index (χ2v) is 9.95. The molecule has 0 aliphatic carbocycles. The number of carbonyl (C=O) groups excluding carboxylic acids is 2. The Hall–Kier alpha value is -2.97. The second kappa shape index (κ2) is 12.8. The van der Waals surface area contributed by atoms with E-state index in [0.29, 0.717) is 25.5 Å². The molecule has 0 radical (unpaired) electrons. The fraction of sp³-hybridized carbons (Fsp3) is 0.536. The number of ether oxygens (including phenoxy) is 3. The quantitative estimate of drug-likeness (QED) is 0.360. The first-order chi connectivity index (χ1) is 17.2. The molecule has 0 N–H and O–H groups in total. The van der Waals surface area contributed by atoms with Crippen LogP contribution in [0.15, 0.2) is 36.5 Å². The number of piperazine rings is 1.